The molecule has 3 aromatic rings. The van der Waals surface area contributed by atoms with E-state index in [0.717, 1.165) is 4.68 Å². The van der Waals surface area contributed by atoms with Crippen molar-refractivity contribution in [3.63, 3.8) is 0 Å². The normalized spacial score (nSPS) is 11.3. The summed E-state index contributed by atoms with van der Waals surface area (Å²) in [6, 6.07) is 10.5. The molecule has 1 aromatic heterocycles. The number of nitrogen functional groups attached to an aromatic ring is 1. The molecule has 0 amide bonds. The molecule has 0 aliphatic heterocycles. The molecule has 0 atom stereocenters. The third-order valence-corrected chi connectivity index (χ3v) is 4.98. The van der Waals surface area contributed by atoms with E-state index < -0.39 is 22.9 Å². The first-order chi connectivity index (χ1) is 15.4. The number of hydrogen-bond acceptors (Lipinski definition) is 13. The topological polar surface area (TPSA) is 203 Å². The van der Waals surface area contributed by atoms with Crippen LogP contribution in [0.3, 0.4) is 0 Å². The second-order valence-corrected chi connectivity index (χ2v) is 7.17. The minimum atomic E-state index is -1.44. The quantitative estimate of drug-likeness (QED) is 0.0920. The zero-order valence-corrected chi connectivity index (χ0v) is 17.2. The van der Waals surface area contributed by atoms with Gasteiger partial charge in [-0.15, -0.1) is 18.9 Å². The van der Waals surface area contributed by atoms with Crippen LogP contribution in [0, 0.1) is 0 Å². The van der Waals surface area contributed by atoms with Crippen LogP contribution in [-0.4, -0.2) is 31.4 Å². The van der Waals surface area contributed by atoms with Gasteiger partial charge in [0.2, 0.25) is 0 Å². The third-order valence-electron chi connectivity index (χ3n) is 3.73. The van der Waals surface area contributed by atoms with Gasteiger partial charge in [-0.1, -0.05) is 10.1 Å². The smallest absolute Gasteiger partial charge is 0.356 e. The Morgan fingerprint density at radius 3 is 2.38 bits per heavy atom. The molecule has 1 heterocycles. The molecule has 0 fully saturated rings. The summed E-state index contributed by atoms with van der Waals surface area (Å²) in [5.41, 5.74) is 4.71. The lowest BCUT2D eigenvalue weighted by molar-refractivity contribution is -0.432. The number of hydrogen-bond donors (Lipinski definition) is 5. The molecule has 0 bridgehead atoms. The average Bonchev–Trinajstić information content (AvgIpc) is 3.12. The second-order valence-electron chi connectivity index (χ2n) is 5.65. The molecule has 168 valence electrons. The van der Waals surface area contributed by atoms with Crippen LogP contribution < -0.4 is 11.3 Å². The summed E-state index contributed by atoms with van der Waals surface area (Å²) < 4.78 is 9.64. The first kappa shape index (κ1) is 23.4. The van der Waals surface area contributed by atoms with Gasteiger partial charge in [-0.3, -0.25) is 9.89 Å². The van der Waals surface area contributed by atoms with Crippen molar-refractivity contribution in [1.29, 1.82) is 0 Å². The predicted molar refractivity (Wildman–Crippen MR) is 110 cm³/mol. The van der Waals surface area contributed by atoms with E-state index in [0.29, 0.717) is 45.3 Å². The summed E-state index contributed by atoms with van der Waals surface area (Å²) in [6.45, 7) is 0. The molecule has 32 heavy (non-hydrogen) atoms. The van der Waals surface area contributed by atoms with E-state index in [2.05, 4.69) is 34.1 Å². The Balaban J connectivity index is 1.98. The summed E-state index contributed by atoms with van der Waals surface area (Å²) in [7, 11) is 0. The highest BCUT2D eigenvalue weighted by Gasteiger charge is 2.21. The Hall–Kier alpha value is -3.22. The van der Waals surface area contributed by atoms with Gasteiger partial charge in [0.05, 0.1) is 34.7 Å². The molecule has 3 rings (SSSR count). The number of carboxylic acids is 1. The summed E-state index contributed by atoms with van der Waals surface area (Å²) >= 11 is 1.30. The number of azo groups is 1. The van der Waals surface area contributed by atoms with Crippen molar-refractivity contribution in [2.75, 3.05) is 5.73 Å². The molecule has 0 aliphatic rings. The van der Waals surface area contributed by atoms with Gasteiger partial charge in [0.1, 0.15) is 5.69 Å². The molecule has 0 aliphatic carbocycles. The van der Waals surface area contributed by atoms with Gasteiger partial charge in [-0.05, 0) is 42.5 Å². The number of nitrogens with zero attached hydrogens (tertiary/aromatic N) is 3. The minimum Gasteiger partial charge on any atom is -0.476 e. The Morgan fingerprint density at radius 2 is 1.72 bits per heavy atom. The van der Waals surface area contributed by atoms with Crippen molar-refractivity contribution >= 4 is 47.1 Å². The number of benzene rings is 2. The first-order valence-corrected chi connectivity index (χ1v) is 9.72. The van der Waals surface area contributed by atoms with E-state index in [-0.39, 0.29) is 5.69 Å². The van der Waals surface area contributed by atoms with Crippen LogP contribution in [0.5, 0.6) is 0 Å². The number of anilines is 1. The Labute approximate surface area is 186 Å². The average molecular weight is 483 g/mol. The molecular formula is C16H13N5O9S2. The summed E-state index contributed by atoms with van der Waals surface area (Å²) in [6.07, 6.45) is 0. The van der Waals surface area contributed by atoms with Crippen molar-refractivity contribution in [2.45, 2.75) is 9.79 Å². The van der Waals surface area contributed by atoms with E-state index in [1.807, 2.05) is 0 Å². The van der Waals surface area contributed by atoms with Gasteiger partial charge in [-0.2, -0.15) is 0 Å². The fraction of sp³-hybridized carbons (Fsp3) is 0. The molecule has 0 unspecified atom stereocenters. The van der Waals surface area contributed by atoms with Crippen molar-refractivity contribution in [1.82, 2.24) is 9.78 Å². The summed E-state index contributed by atoms with van der Waals surface area (Å²) in [5, 5.41) is 43.2. The highest BCUT2D eigenvalue weighted by molar-refractivity contribution is 7.94. The number of rotatable bonds is 10. The van der Waals surface area contributed by atoms with Crippen molar-refractivity contribution in [3.05, 3.63) is 58.5 Å². The number of carbonyl (C=O) groups is 1. The minimum absolute atomic E-state index is 0.128. The number of carboxylic acid groups (broad SMARTS) is 1. The standard InChI is InChI=1S/C16H13N5O9S2/c17-8-1-6-12(32-30-28-26)11(7-8)18-19-13-14(16(23)24)20-21(15(13)22)9-2-4-10(5-3-9)31-29-27-25/h1-7,20,25-26H,17H2,(H,23,24). The van der Waals surface area contributed by atoms with Crippen molar-refractivity contribution < 1.29 is 39.2 Å². The molecule has 2 aromatic carbocycles. The van der Waals surface area contributed by atoms with Gasteiger partial charge in [0.25, 0.3) is 5.56 Å². The van der Waals surface area contributed by atoms with Crippen LogP contribution in [0.15, 0.2) is 67.3 Å². The molecule has 6 N–H and O–H groups in total. The largest absolute Gasteiger partial charge is 0.476 e. The van der Waals surface area contributed by atoms with Gasteiger partial charge in [0, 0.05) is 10.6 Å². The maximum absolute atomic E-state index is 12.8. The highest BCUT2D eigenvalue weighted by Crippen LogP contribution is 2.33. The number of nitrogens with two attached hydrogens (primary N) is 1. The molecular weight excluding hydrogens is 470 g/mol. The summed E-state index contributed by atoms with van der Waals surface area (Å²) in [5.74, 6) is -1.44. The number of aromatic carboxylic acids is 1. The van der Waals surface area contributed by atoms with Crippen molar-refractivity contribution in [3.8, 4) is 5.69 Å². The van der Waals surface area contributed by atoms with Gasteiger partial charge in [-0.25, -0.2) is 20.0 Å². The number of aromatic amines is 1. The second kappa shape index (κ2) is 10.9. The summed E-state index contributed by atoms with van der Waals surface area (Å²) in [4.78, 5) is 25.3. The Kier molecular flexibility index (Phi) is 7.98. The SMILES string of the molecule is Nc1ccc(SOOO)c(N=Nc2c(C(=O)O)[nH]n(-c3ccc(SOOO)cc3)c2=O)c1. The number of aromatic nitrogens is 2. The highest BCUT2D eigenvalue weighted by atomic mass is 32.2. The van der Waals surface area contributed by atoms with E-state index in [4.69, 9.17) is 16.2 Å². The van der Waals surface area contributed by atoms with Gasteiger partial charge < -0.3 is 10.8 Å². The lowest BCUT2D eigenvalue weighted by Gasteiger charge is -2.03. The molecule has 0 saturated carbocycles. The third kappa shape index (κ3) is 5.52. The monoisotopic (exact) mass is 483 g/mol. The lowest BCUT2D eigenvalue weighted by Crippen LogP contribution is -2.13. The fourth-order valence-corrected chi connectivity index (χ4v) is 3.16. The molecule has 0 saturated heterocycles. The van der Waals surface area contributed by atoms with Crippen LogP contribution in [0.2, 0.25) is 0 Å². The van der Waals surface area contributed by atoms with E-state index in [9.17, 15) is 14.7 Å². The van der Waals surface area contributed by atoms with Crippen LogP contribution in [-0.2, 0) is 18.7 Å². The lowest BCUT2D eigenvalue weighted by atomic mass is 10.3. The molecule has 0 radical (unpaired) electrons. The van der Waals surface area contributed by atoms with E-state index in [1.165, 1.54) is 42.5 Å². The van der Waals surface area contributed by atoms with Crippen molar-refractivity contribution in [2.24, 2.45) is 10.2 Å². The van der Waals surface area contributed by atoms with Gasteiger partial charge in [0.15, 0.2) is 11.4 Å². The Morgan fingerprint density at radius 1 is 1.03 bits per heavy atom. The fourth-order valence-electron chi connectivity index (χ4n) is 2.40. The maximum Gasteiger partial charge on any atom is 0.356 e. The molecule has 16 heteroatoms. The zero-order chi connectivity index (χ0) is 23.1. The number of H-pyrrole nitrogens is 1. The van der Waals surface area contributed by atoms with Crippen LogP contribution >= 0.6 is 24.1 Å². The Bertz CT molecular complexity index is 1180. The van der Waals surface area contributed by atoms with E-state index >= 15 is 0 Å². The zero-order valence-electron chi connectivity index (χ0n) is 15.6. The maximum atomic E-state index is 12.8. The predicted octanol–water partition coefficient (Wildman–Crippen LogP) is 3.72. The van der Waals surface area contributed by atoms with E-state index in [1.54, 1.807) is 0 Å². The van der Waals surface area contributed by atoms with Crippen LogP contribution in [0.1, 0.15) is 10.5 Å². The molecule has 0 spiro atoms. The molecule has 14 nitrogen and oxygen atoms in total. The van der Waals surface area contributed by atoms with Crippen LogP contribution in [0.25, 0.3) is 5.69 Å². The first-order valence-electron chi connectivity index (χ1n) is 8.24. The van der Waals surface area contributed by atoms with Crippen LogP contribution in [0.4, 0.5) is 17.1 Å². The van der Waals surface area contributed by atoms with Gasteiger partial charge >= 0.3 is 5.97 Å². The number of nitrogens with one attached hydrogen (secondary N) is 1.